The monoisotopic (exact) mass is 431 g/mol. The number of nitrogens with zero attached hydrogens (tertiary/aromatic N) is 2. The van der Waals surface area contributed by atoms with E-state index in [2.05, 4.69) is 5.32 Å². The van der Waals surface area contributed by atoms with Crippen LogP contribution in [0.25, 0.3) is 0 Å². The molecule has 1 N–H and O–H groups in total. The van der Waals surface area contributed by atoms with E-state index in [1.54, 1.807) is 0 Å². The number of carbonyl (C=O) groups is 1. The van der Waals surface area contributed by atoms with Crippen molar-refractivity contribution in [2.75, 3.05) is 22.4 Å². The van der Waals surface area contributed by atoms with Gasteiger partial charge in [0, 0.05) is 11.1 Å². The molecule has 0 saturated carbocycles. The van der Waals surface area contributed by atoms with Crippen molar-refractivity contribution in [1.29, 1.82) is 0 Å². The number of amides is 1. The maximum atomic E-state index is 12.4. The number of anilines is 2. The van der Waals surface area contributed by atoms with E-state index in [0.29, 0.717) is 0 Å². The highest BCUT2D eigenvalue weighted by Gasteiger charge is 2.24. The highest BCUT2D eigenvalue weighted by molar-refractivity contribution is 7.92. The molecule has 0 bridgehead atoms. The number of halogens is 2. The summed E-state index contributed by atoms with van der Waals surface area (Å²) in [6, 6.07) is 8.44. The maximum absolute atomic E-state index is 12.4. The van der Waals surface area contributed by atoms with Gasteiger partial charge in [0.2, 0.25) is 15.9 Å². The molecule has 144 valence electrons. The molecule has 0 radical (unpaired) electrons. The molecule has 0 saturated heterocycles. The van der Waals surface area contributed by atoms with Gasteiger partial charge in [-0.2, -0.15) is 0 Å². The lowest BCUT2D eigenvalue weighted by Crippen LogP contribution is -2.37. The number of nitro benzene ring substituents is 1. The highest BCUT2D eigenvalue weighted by Crippen LogP contribution is 2.31. The Labute approximate surface area is 165 Å². The van der Waals surface area contributed by atoms with E-state index in [9.17, 15) is 23.3 Å². The first kappa shape index (κ1) is 20.9. The summed E-state index contributed by atoms with van der Waals surface area (Å²) in [5.41, 5.74) is 0.352. The summed E-state index contributed by atoms with van der Waals surface area (Å²) in [5.74, 6) is -0.694. The van der Waals surface area contributed by atoms with Gasteiger partial charge in [0.05, 0.1) is 33.1 Å². The number of nitro groups is 1. The molecule has 0 aliphatic heterocycles. The van der Waals surface area contributed by atoms with E-state index in [0.717, 1.165) is 10.6 Å². The third-order valence-electron chi connectivity index (χ3n) is 3.64. The van der Waals surface area contributed by atoms with Gasteiger partial charge in [-0.15, -0.1) is 0 Å². The van der Waals surface area contributed by atoms with Crippen LogP contribution in [0.4, 0.5) is 17.1 Å². The second-order valence-electron chi connectivity index (χ2n) is 5.62. The molecule has 0 heterocycles. The normalized spacial score (nSPS) is 11.1. The van der Waals surface area contributed by atoms with Crippen LogP contribution in [-0.4, -0.2) is 32.0 Å². The van der Waals surface area contributed by atoms with E-state index >= 15 is 0 Å². The zero-order valence-corrected chi connectivity index (χ0v) is 16.6. The van der Waals surface area contributed by atoms with Crippen LogP contribution in [-0.2, 0) is 14.8 Å². The Kier molecular flexibility index (Phi) is 6.30. The molecule has 11 heteroatoms. The molecule has 0 fully saturated rings. The second-order valence-corrected chi connectivity index (χ2v) is 8.37. The second kappa shape index (κ2) is 8.12. The molecule has 1 amide bonds. The number of benzene rings is 2. The Bertz CT molecular complexity index is 1010. The number of hydrogen-bond donors (Lipinski definition) is 1. The van der Waals surface area contributed by atoms with E-state index in [-0.39, 0.29) is 32.7 Å². The molecule has 0 aliphatic rings. The summed E-state index contributed by atoms with van der Waals surface area (Å²) < 4.78 is 25.1. The Morgan fingerprint density at radius 2 is 1.93 bits per heavy atom. The Balaban J connectivity index is 2.32. The molecule has 0 unspecified atom stereocenters. The standard InChI is InChI=1S/C16H15Cl2N3O5S/c1-10-13(4-3-5-14(10)21(23)24)19-16(22)9-20(27(2,25)26)15-8-11(17)6-7-12(15)18/h3-8H,9H2,1-2H3,(H,19,22). The van der Waals surface area contributed by atoms with Crippen LogP contribution in [0.5, 0.6) is 0 Å². The minimum Gasteiger partial charge on any atom is -0.324 e. The van der Waals surface area contributed by atoms with Crippen molar-refractivity contribution in [3.05, 3.63) is 62.1 Å². The van der Waals surface area contributed by atoms with Gasteiger partial charge < -0.3 is 5.32 Å². The molecular weight excluding hydrogens is 417 g/mol. The molecule has 0 aromatic heterocycles. The first-order chi connectivity index (χ1) is 12.5. The van der Waals surface area contributed by atoms with Gasteiger partial charge in [-0.05, 0) is 31.2 Å². The average Bonchev–Trinajstić information content (AvgIpc) is 2.55. The quantitative estimate of drug-likeness (QED) is 0.554. The molecule has 0 atom stereocenters. The van der Waals surface area contributed by atoms with Crippen LogP contribution in [0.2, 0.25) is 10.0 Å². The number of nitrogens with one attached hydrogen (secondary N) is 1. The van der Waals surface area contributed by atoms with Crippen molar-refractivity contribution in [3.63, 3.8) is 0 Å². The third kappa shape index (κ3) is 5.09. The Morgan fingerprint density at radius 3 is 2.52 bits per heavy atom. The molecule has 2 aromatic rings. The molecule has 2 aromatic carbocycles. The van der Waals surface area contributed by atoms with Gasteiger partial charge >= 0.3 is 0 Å². The average molecular weight is 432 g/mol. The summed E-state index contributed by atoms with van der Waals surface area (Å²) in [6.07, 6.45) is 0.927. The number of hydrogen-bond acceptors (Lipinski definition) is 5. The molecule has 2 rings (SSSR count). The molecule has 0 aliphatic carbocycles. The fraction of sp³-hybridized carbons (Fsp3) is 0.188. The summed E-state index contributed by atoms with van der Waals surface area (Å²) in [4.78, 5) is 22.8. The SMILES string of the molecule is Cc1c(NC(=O)CN(c2cc(Cl)ccc2Cl)S(C)(=O)=O)cccc1[N+](=O)[O-]. The Hall–Kier alpha value is -2.36. The minimum absolute atomic E-state index is 0.0533. The summed E-state index contributed by atoms with van der Waals surface area (Å²) in [5, 5.41) is 13.8. The van der Waals surface area contributed by atoms with E-state index in [1.807, 2.05) is 0 Å². The number of sulfonamides is 1. The summed E-state index contributed by atoms with van der Waals surface area (Å²) in [6.45, 7) is 0.900. The fourth-order valence-corrected chi connectivity index (χ4v) is 3.63. The lowest BCUT2D eigenvalue weighted by Gasteiger charge is -2.23. The summed E-state index contributed by atoms with van der Waals surface area (Å²) in [7, 11) is -3.86. The first-order valence-corrected chi connectivity index (χ1v) is 10.1. The van der Waals surface area contributed by atoms with Crippen LogP contribution >= 0.6 is 23.2 Å². The van der Waals surface area contributed by atoms with Gasteiger partial charge in [-0.25, -0.2) is 8.42 Å². The highest BCUT2D eigenvalue weighted by atomic mass is 35.5. The van der Waals surface area contributed by atoms with E-state index in [4.69, 9.17) is 23.2 Å². The van der Waals surface area contributed by atoms with Crippen molar-refractivity contribution in [3.8, 4) is 0 Å². The molecule has 0 spiro atoms. The van der Waals surface area contributed by atoms with Crippen LogP contribution in [0.3, 0.4) is 0 Å². The van der Waals surface area contributed by atoms with Crippen LogP contribution in [0.15, 0.2) is 36.4 Å². The lowest BCUT2D eigenvalue weighted by atomic mass is 10.1. The molecule has 27 heavy (non-hydrogen) atoms. The Morgan fingerprint density at radius 1 is 1.26 bits per heavy atom. The van der Waals surface area contributed by atoms with Gasteiger partial charge in [0.15, 0.2) is 0 Å². The van der Waals surface area contributed by atoms with Crippen molar-refractivity contribution in [2.45, 2.75) is 6.92 Å². The third-order valence-corrected chi connectivity index (χ3v) is 5.32. The number of rotatable bonds is 6. The summed E-state index contributed by atoms with van der Waals surface area (Å²) >= 11 is 12.0. The topological polar surface area (TPSA) is 110 Å². The minimum atomic E-state index is -3.86. The lowest BCUT2D eigenvalue weighted by molar-refractivity contribution is -0.385. The fourth-order valence-electron chi connectivity index (χ4n) is 2.33. The van der Waals surface area contributed by atoms with Crippen molar-refractivity contribution in [1.82, 2.24) is 0 Å². The van der Waals surface area contributed by atoms with Crippen molar-refractivity contribution < 1.29 is 18.1 Å². The zero-order chi connectivity index (χ0) is 20.4. The van der Waals surface area contributed by atoms with E-state index < -0.39 is 27.4 Å². The van der Waals surface area contributed by atoms with Crippen LogP contribution in [0, 0.1) is 17.0 Å². The predicted molar refractivity (Wildman–Crippen MR) is 105 cm³/mol. The molecular formula is C16H15Cl2N3O5S. The maximum Gasteiger partial charge on any atom is 0.274 e. The largest absolute Gasteiger partial charge is 0.324 e. The van der Waals surface area contributed by atoms with Gasteiger partial charge in [0.1, 0.15) is 6.54 Å². The van der Waals surface area contributed by atoms with Crippen LogP contribution < -0.4 is 9.62 Å². The zero-order valence-electron chi connectivity index (χ0n) is 14.3. The predicted octanol–water partition coefficient (Wildman–Crippen LogP) is 3.61. The van der Waals surface area contributed by atoms with Gasteiger partial charge in [-0.3, -0.25) is 19.2 Å². The first-order valence-electron chi connectivity index (χ1n) is 7.47. The van der Waals surface area contributed by atoms with E-state index in [1.165, 1.54) is 43.3 Å². The smallest absolute Gasteiger partial charge is 0.274 e. The van der Waals surface area contributed by atoms with Crippen molar-refractivity contribution >= 4 is 56.2 Å². The van der Waals surface area contributed by atoms with Gasteiger partial charge in [0.25, 0.3) is 5.69 Å². The van der Waals surface area contributed by atoms with Crippen LogP contribution in [0.1, 0.15) is 5.56 Å². The van der Waals surface area contributed by atoms with Gasteiger partial charge in [-0.1, -0.05) is 29.3 Å². The number of carbonyl (C=O) groups excluding carboxylic acids is 1. The molecule has 8 nitrogen and oxygen atoms in total. The van der Waals surface area contributed by atoms with Crippen molar-refractivity contribution in [2.24, 2.45) is 0 Å².